The zero-order valence-electron chi connectivity index (χ0n) is 12.3. The molecule has 0 aromatic heterocycles. The van der Waals surface area contributed by atoms with Gasteiger partial charge in [-0.25, -0.2) is 4.79 Å². The van der Waals surface area contributed by atoms with Gasteiger partial charge in [0.15, 0.2) is 0 Å². The Morgan fingerprint density at radius 3 is 2.55 bits per heavy atom. The van der Waals surface area contributed by atoms with Gasteiger partial charge in [-0.3, -0.25) is 9.69 Å². The van der Waals surface area contributed by atoms with Gasteiger partial charge in [-0.05, 0) is 32.4 Å². The van der Waals surface area contributed by atoms with Crippen LogP contribution in [0.5, 0.6) is 0 Å². The molecule has 2 amide bonds. The van der Waals surface area contributed by atoms with E-state index in [1.165, 1.54) is 4.90 Å². The Hall–Kier alpha value is -2.04. The summed E-state index contributed by atoms with van der Waals surface area (Å²) in [6, 6.07) is 7.43. The fraction of sp³-hybridized carbons (Fsp3) is 0.467. The second-order valence-corrected chi connectivity index (χ2v) is 5.82. The molecule has 0 spiro atoms. The standard InChI is InChI=1S/C15H20N2O3/c1-15(2,3)20-14(19)17-9-11(13(18)16-4)10-7-5-6-8-12(10)17/h5-8,11H,9H2,1-4H3,(H,16,18)/t11-/m0/s1. The molecule has 1 N–H and O–H groups in total. The molecule has 0 fully saturated rings. The highest BCUT2D eigenvalue weighted by Crippen LogP contribution is 2.36. The fourth-order valence-corrected chi connectivity index (χ4v) is 2.30. The molecule has 20 heavy (non-hydrogen) atoms. The van der Waals surface area contributed by atoms with E-state index in [1.807, 2.05) is 45.0 Å². The van der Waals surface area contributed by atoms with Crippen LogP contribution in [0.15, 0.2) is 24.3 Å². The van der Waals surface area contributed by atoms with Crippen LogP contribution in [0.1, 0.15) is 32.3 Å². The number of rotatable bonds is 1. The molecular weight excluding hydrogens is 256 g/mol. The smallest absolute Gasteiger partial charge is 0.414 e. The van der Waals surface area contributed by atoms with Crippen LogP contribution in [0.4, 0.5) is 10.5 Å². The van der Waals surface area contributed by atoms with Gasteiger partial charge in [0.1, 0.15) is 5.60 Å². The average Bonchev–Trinajstić information content (AvgIpc) is 2.75. The van der Waals surface area contributed by atoms with Gasteiger partial charge in [-0.1, -0.05) is 18.2 Å². The van der Waals surface area contributed by atoms with E-state index in [4.69, 9.17) is 4.74 Å². The molecule has 5 heteroatoms. The Bertz CT molecular complexity index is 534. The van der Waals surface area contributed by atoms with Crippen molar-refractivity contribution in [3.05, 3.63) is 29.8 Å². The lowest BCUT2D eigenvalue weighted by Crippen LogP contribution is -2.38. The van der Waals surface area contributed by atoms with Crippen LogP contribution in [-0.4, -0.2) is 31.2 Å². The molecule has 5 nitrogen and oxygen atoms in total. The number of ether oxygens (including phenoxy) is 1. The third-order valence-corrected chi connectivity index (χ3v) is 3.14. The molecule has 0 unspecified atom stereocenters. The average molecular weight is 276 g/mol. The number of nitrogens with zero attached hydrogens (tertiary/aromatic N) is 1. The largest absolute Gasteiger partial charge is 0.443 e. The Balaban J connectivity index is 2.30. The van der Waals surface area contributed by atoms with Gasteiger partial charge < -0.3 is 10.1 Å². The lowest BCUT2D eigenvalue weighted by atomic mass is 10.0. The maximum Gasteiger partial charge on any atom is 0.414 e. The lowest BCUT2D eigenvalue weighted by Gasteiger charge is -2.25. The predicted molar refractivity (Wildman–Crippen MR) is 76.8 cm³/mol. The number of para-hydroxylation sites is 1. The molecule has 1 aliphatic heterocycles. The number of anilines is 1. The van der Waals surface area contributed by atoms with Crippen molar-refractivity contribution in [3.63, 3.8) is 0 Å². The molecule has 108 valence electrons. The van der Waals surface area contributed by atoms with Gasteiger partial charge in [-0.15, -0.1) is 0 Å². The first kappa shape index (κ1) is 14.4. The van der Waals surface area contributed by atoms with E-state index in [9.17, 15) is 9.59 Å². The summed E-state index contributed by atoms with van der Waals surface area (Å²) in [5.41, 5.74) is 1.05. The maximum atomic E-state index is 12.3. The van der Waals surface area contributed by atoms with Crippen molar-refractivity contribution in [1.82, 2.24) is 5.32 Å². The number of hydrogen-bond acceptors (Lipinski definition) is 3. The molecule has 1 atom stereocenters. The number of benzene rings is 1. The molecular formula is C15H20N2O3. The van der Waals surface area contributed by atoms with E-state index in [0.29, 0.717) is 6.54 Å². The molecule has 0 saturated heterocycles. The number of hydrogen-bond donors (Lipinski definition) is 1. The molecule has 2 rings (SSSR count). The van der Waals surface area contributed by atoms with Crippen LogP contribution in [-0.2, 0) is 9.53 Å². The second kappa shape index (κ2) is 5.15. The SMILES string of the molecule is CNC(=O)[C@H]1CN(C(=O)OC(C)(C)C)c2ccccc21. The quantitative estimate of drug-likeness (QED) is 0.856. The first-order chi connectivity index (χ1) is 9.33. The van der Waals surface area contributed by atoms with Crippen LogP contribution in [0.3, 0.4) is 0 Å². The van der Waals surface area contributed by atoms with Crippen molar-refractivity contribution in [3.8, 4) is 0 Å². The zero-order valence-corrected chi connectivity index (χ0v) is 12.3. The highest BCUT2D eigenvalue weighted by atomic mass is 16.6. The van der Waals surface area contributed by atoms with Crippen LogP contribution in [0.2, 0.25) is 0 Å². The van der Waals surface area contributed by atoms with E-state index in [1.54, 1.807) is 7.05 Å². The van der Waals surface area contributed by atoms with Gasteiger partial charge in [0.05, 0.1) is 11.6 Å². The number of nitrogens with one attached hydrogen (secondary N) is 1. The summed E-state index contributed by atoms with van der Waals surface area (Å²) in [6.45, 7) is 5.78. The molecule has 0 aliphatic carbocycles. The van der Waals surface area contributed by atoms with E-state index in [-0.39, 0.29) is 11.8 Å². The first-order valence-corrected chi connectivity index (χ1v) is 6.64. The van der Waals surface area contributed by atoms with Gasteiger partial charge in [0, 0.05) is 13.6 Å². The number of amides is 2. The number of carbonyl (C=O) groups is 2. The van der Waals surface area contributed by atoms with Crippen LogP contribution in [0.25, 0.3) is 0 Å². The highest BCUT2D eigenvalue weighted by molar-refractivity contribution is 5.97. The van der Waals surface area contributed by atoms with Crippen molar-refractivity contribution in [2.24, 2.45) is 0 Å². The second-order valence-electron chi connectivity index (χ2n) is 5.82. The summed E-state index contributed by atoms with van der Waals surface area (Å²) in [4.78, 5) is 25.7. The lowest BCUT2D eigenvalue weighted by molar-refractivity contribution is -0.121. The Morgan fingerprint density at radius 2 is 1.95 bits per heavy atom. The summed E-state index contributed by atoms with van der Waals surface area (Å²) >= 11 is 0. The van der Waals surface area contributed by atoms with Crippen molar-refractivity contribution in [2.45, 2.75) is 32.3 Å². The van der Waals surface area contributed by atoms with Gasteiger partial charge >= 0.3 is 6.09 Å². The summed E-state index contributed by atoms with van der Waals surface area (Å²) in [7, 11) is 1.60. The molecule has 1 aliphatic rings. The van der Waals surface area contributed by atoms with Gasteiger partial charge in [0.25, 0.3) is 0 Å². The molecule has 0 bridgehead atoms. The highest BCUT2D eigenvalue weighted by Gasteiger charge is 2.37. The Labute approximate surface area is 118 Å². The summed E-state index contributed by atoms with van der Waals surface area (Å²) in [5.74, 6) is -0.438. The summed E-state index contributed by atoms with van der Waals surface area (Å²) in [5, 5.41) is 2.64. The number of fused-ring (bicyclic) bond motifs is 1. The fourth-order valence-electron chi connectivity index (χ4n) is 2.30. The van der Waals surface area contributed by atoms with Crippen LogP contribution in [0, 0.1) is 0 Å². The summed E-state index contributed by atoms with van der Waals surface area (Å²) in [6.07, 6.45) is -0.420. The van der Waals surface area contributed by atoms with Crippen molar-refractivity contribution < 1.29 is 14.3 Å². The first-order valence-electron chi connectivity index (χ1n) is 6.64. The maximum absolute atomic E-state index is 12.3. The number of carbonyl (C=O) groups excluding carboxylic acids is 2. The van der Waals surface area contributed by atoms with E-state index in [0.717, 1.165) is 11.3 Å². The summed E-state index contributed by atoms with van der Waals surface area (Å²) < 4.78 is 5.40. The minimum absolute atomic E-state index is 0.0940. The topological polar surface area (TPSA) is 58.6 Å². The minimum atomic E-state index is -0.558. The third kappa shape index (κ3) is 2.76. The van der Waals surface area contributed by atoms with E-state index < -0.39 is 11.7 Å². The molecule has 1 aromatic rings. The number of likely N-dealkylation sites (N-methyl/N-ethyl adjacent to an activating group) is 1. The molecule has 1 heterocycles. The van der Waals surface area contributed by atoms with Gasteiger partial charge in [0.2, 0.25) is 5.91 Å². The van der Waals surface area contributed by atoms with Crippen LogP contribution >= 0.6 is 0 Å². The monoisotopic (exact) mass is 276 g/mol. The molecule has 0 radical (unpaired) electrons. The van der Waals surface area contributed by atoms with Crippen molar-refractivity contribution >= 4 is 17.7 Å². The Morgan fingerprint density at radius 1 is 1.30 bits per heavy atom. The van der Waals surface area contributed by atoms with Crippen molar-refractivity contribution in [2.75, 3.05) is 18.5 Å². The van der Waals surface area contributed by atoms with Crippen molar-refractivity contribution in [1.29, 1.82) is 0 Å². The predicted octanol–water partition coefficient (Wildman–Crippen LogP) is 2.27. The molecule has 0 saturated carbocycles. The minimum Gasteiger partial charge on any atom is -0.443 e. The van der Waals surface area contributed by atoms with Crippen LogP contribution < -0.4 is 10.2 Å². The van der Waals surface area contributed by atoms with E-state index >= 15 is 0 Å². The Kier molecular flexibility index (Phi) is 3.70. The zero-order chi connectivity index (χ0) is 14.9. The third-order valence-electron chi connectivity index (χ3n) is 3.14. The van der Waals surface area contributed by atoms with Gasteiger partial charge in [-0.2, -0.15) is 0 Å². The normalized spacial score (nSPS) is 17.6. The molecule has 1 aromatic carbocycles. The van der Waals surface area contributed by atoms with E-state index in [2.05, 4.69) is 5.32 Å².